The molecule has 2 aromatic carbocycles. The van der Waals surface area contributed by atoms with Gasteiger partial charge in [0.2, 0.25) is 5.91 Å². The smallest absolute Gasteiger partial charge is 0.238 e. The van der Waals surface area contributed by atoms with Crippen LogP contribution in [-0.4, -0.2) is 21.4 Å². The minimum atomic E-state index is -0.191. The maximum atomic E-state index is 12.4. The number of anilines is 1. The van der Waals surface area contributed by atoms with Crippen molar-refractivity contribution in [2.45, 2.75) is 37.9 Å². The van der Waals surface area contributed by atoms with Crippen LogP contribution in [0.15, 0.2) is 48.5 Å². The van der Waals surface area contributed by atoms with Gasteiger partial charge in [0.1, 0.15) is 12.4 Å². The summed E-state index contributed by atoms with van der Waals surface area (Å²) in [6.45, 7) is 6.48. The summed E-state index contributed by atoms with van der Waals surface area (Å²) in [5.41, 5.74) is 5.37. The molecule has 6 heteroatoms. The van der Waals surface area contributed by atoms with Crippen LogP contribution in [0, 0.1) is 13.8 Å². The molecule has 1 aliphatic rings. The lowest BCUT2D eigenvalue weighted by Crippen LogP contribution is -2.21. The van der Waals surface area contributed by atoms with Gasteiger partial charge in [0, 0.05) is 16.8 Å². The lowest BCUT2D eigenvalue weighted by Gasteiger charge is -2.21. The van der Waals surface area contributed by atoms with Crippen LogP contribution in [0.4, 0.5) is 5.82 Å². The van der Waals surface area contributed by atoms with Crippen molar-refractivity contribution in [3.05, 3.63) is 76.5 Å². The Bertz CT molecular complexity index is 997. The molecular weight excluding hydrogens is 370 g/mol. The Morgan fingerprint density at radius 1 is 1.11 bits per heavy atom. The van der Waals surface area contributed by atoms with Gasteiger partial charge < -0.3 is 10.1 Å². The number of nitrogens with zero attached hydrogens (tertiary/aromatic N) is 1. The fourth-order valence-electron chi connectivity index (χ4n) is 3.31. The van der Waals surface area contributed by atoms with Crippen molar-refractivity contribution in [2.75, 3.05) is 5.32 Å². The molecule has 2 N–H and O–H groups in total. The summed E-state index contributed by atoms with van der Waals surface area (Å²) < 4.78 is 6.20. The van der Waals surface area contributed by atoms with E-state index in [0.717, 1.165) is 28.1 Å². The first kappa shape index (κ1) is 18.6. The summed E-state index contributed by atoms with van der Waals surface area (Å²) in [5.74, 6) is 1.41. The Morgan fingerprint density at radius 2 is 1.86 bits per heavy atom. The zero-order valence-electron chi connectivity index (χ0n) is 16.2. The number of nitrogens with one attached hydrogen (secondary N) is 2. The zero-order chi connectivity index (χ0) is 19.7. The molecule has 1 aromatic heterocycles. The molecule has 2 unspecified atom stereocenters. The van der Waals surface area contributed by atoms with E-state index in [1.807, 2.05) is 32.0 Å². The van der Waals surface area contributed by atoms with Crippen molar-refractivity contribution in [3.63, 3.8) is 0 Å². The molecule has 0 fully saturated rings. The average Bonchev–Trinajstić information content (AvgIpc) is 2.99. The monoisotopic (exact) mass is 393 g/mol. The van der Waals surface area contributed by atoms with Crippen molar-refractivity contribution in [3.8, 4) is 5.75 Å². The minimum Gasteiger partial charge on any atom is -0.489 e. The van der Waals surface area contributed by atoms with Crippen LogP contribution in [0.5, 0.6) is 5.75 Å². The second-order valence-electron chi connectivity index (χ2n) is 7.07. The van der Waals surface area contributed by atoms with E-state index in [-0.39, 0.29) is 16.4 Å². The molecule has 4 rings (SSSR count). The SMILES string of the molecule is Cc1ccc(COc2ccccc2C2SC(C)C(=O)Nc3n[nH]c(C)c32)cc1. The summed E-state index contributed by atoms with van der Waals surface area (Å²) >= 11 is 1.62. The van der Waals surface area contributed by atoms with Gasteiger partial charge in [-0.1, -0.05) is 48.0 Å². The summed E-state index contributed by atoms with van der Waals surface area (Å²) in [6, 6.07) is 16.4. The van der Waals surface area contributed by atoms with Crippen LogP contribution in [0.25, 0.3) is 0 Å². The van der Waals surface area contributed by atoms with Gasteiger partial charge in [-0.25, -0.2) is 0 Å². The molecule has 2 heterocycles. The number of aryl methyl sites for hydroxylation is 2. The van der Waals surface area contributed by atoms with Gasteiger partial charge in [-0.05, 0) is 32.4 Å². The molecular formula is C22H23N3O2S. The van der Waals surface area contributed by atoms with Crippen LogP contribution in [0.3, 0.4) is 0 Å². The highest BCUT2D eigenvalue weighted by atomic mass is 32.2. The van der Waals surface area contributed by atoms with E-state index in [1.54, 1.807) is 11.8 Å². The third-order valence-electron chi connectivity index (χ3n) is 4.92. The topological polar surface area (TPSA) is 67.0 Å². The number of carbonyl (C=O) groups is 1. The highest BCUT2D eigenvalue weighted by molar-refractivity contribution is 8.01. The quantitative estimate of drug-likeness (QED) is 0.670. The van der Waals surface area contributed by atoms with Crippen LogP contribution in [-0.2, 0) is 11.4 Å². The zero-order valence-corrected chi connectivity index (χ0v) is 17.0. The highest BCUT2D eigenvalue weighted by Crippen LogP contribution is 2.47. The molecule has 0 saturated heterocycles. The van der Waals surface area contributed by atoms with Crippen LogP contribution < -0.4 is 10.1 Å². The lowest BCUT2D eigenvalue weighted by atomic mass is 10.0. The molecule has 2 atom stereocenters. The Morgan fingerprint density at radius 3 is 2.64 bits per heavy atom. The average molecular weight is 394 g/mol. The fourth-order valence-corrected chi connectivity index (χ4v) is 4.67. The van der Waals surface area contributed by atoms with Crippen LogP contribution in [0.1, 0.15) is 40.1 Å². The summed E-state index contributed by atoms with van der Waals surface area (Å²) in [4.78, 5) is 12.4. The third-order valence-corrected chi connectivity index (χ3v) is 6.31. The highest BCUT2D eigenvalue weighted by Gasteiger charge is 2.33. The minimum absolute atomic E-state index is 0.0293. The maximum Gasteiger partial charge on any atom is 0.238 e. The Kier molecular flexibility index (Phi) is 5.13. The molecule has 1 amide bonds. The van der Waals surface area contributed by atoms with Gasteiger partial charge in [-0.15, -0.1) is 11.8 Å². The van der Waals surface area contributed by atoms with E-state index in [2.05, 4.69) is 52.8 Å². The number of aromatic nitrogens is 2. The first-order valence-electron chi connectivity index (χ1n) is 9.31. The number of fused-ring (bicyclic) bond motifs is 1. The van der Waals surface area contributed by atoms with Gasteiger partial charge in [0.25, 0.3) is 0 Å². The molecule has 0 saturated carbocycles. The van der Waals surface area contributed by atoms with Crippen LogP contribution >= 0.6 is 11.8 Å². The van der Waals surface area contributed by atoms with Gasteiger partial charge in [0.15, 0.2) is 5.82 Å². The predicted molar refractivity (Wildman–Crippen MR) is 113 cm³/mol. The number of carbonyl (C=O) groups excluding carboxylic acids is 1. The summed E-state index contributed by atoms with van der Waals surface area (Å²) in [7, 11) is 0. The molecule has 0 spiro atoms. The first-order chi connectivity index (χ1) is 13.5. The standard InChI is InChI=1S/C22H23N3O2S/c1-13-8-10-16(11-9-13)12-27-18-7-5-4-6-17(18)20-19-14(2)24-25-21(19)23-22(26)15(3)28-20/h4-11,15,20H,12H2,1-3H3,(H2,23,24,25,26). The molecule has 0 radical (unpaired) electrons. The number of ether oxygens (including phenoxy) is 1. The third kappa shape index (κ3) is 3.64. The number of benzene rings is 2. The number of aromatic amines is 1. The van der Waals surface area contributed by atoms with Gasteiger partial charge in [0.05, 0.1) is 10.5 Å². The predicted octanol–water partition coefficient (Wildman–Crippen LogP) is 4.77. The van der Waals surface area contributed by atoms with E-state index in [4.69, 9.17) is 4.74 Å². The van der Waals surface area contributed by atoms with Crippen molar-refractivity contribution < 1.29 is 9.53 Å². The largest absolute Gasteiger partial charge is 0.489 e. The number of hydrogen-bond donors (Lipinski definition) is 2. The van der Waals surface area contributed by atoms with E-state index in [0.29, 0.717) is 12.4 Å². The molecule has 0 aliphatic carbocycles. The van der Waals surface area contributed by atoms with E-state index < -0.39 is 0 Å². The van der Waals surface area contributed by atoms with Crippen molar-refractivity contribution in [1.82, 2.24) is 10.2 Å². The van der Waals surface area contributed by atoms with Gasteiger partial charge in [-0.2, -0.15) is 5.10 Å². The Labute approximate surface area is 168 Å². The second-order valence-corrected chi connectivity index (χ2v) is 8.52. The molecule has 1 aliphatic heterocycles. The normalized spacial score (nSPS) is 18.9. The number of H-pyrrole nitrogens is 1. The number of amides is 1. The molecule has 28 heavy (non-hydrogen) atoms. The molecule has 3 aromatic rings. The number of para-hydroxylation sites is 1. The van der Waals surface area contributed by atoms with Gasteiger partial charge in [-0.3, -0.25) is 9.89 Å². The van der Waals surface area contributed by atoms with Crippen molar-refractivity contribution in [1.29, 1.82) is 0 Å². The van der Waals surface area contributed by atoms with Crippen molar-refractivity contribution in [2.24, 2.45) is 0 Å². The molecule has 0 bridgehead atoms. The van der Waals surface area contributed by atoms with Crippen molar-refractivity contribution >= 4 is 23.5 Å². The van der Waals surface area contributed by atoms with E-state index in [9.17, 15) is 4.79 Å². The number of rotatable bonds is 4. The maximum absolute atomic E-state index is 12.4. The molecule has 144 valence electrons. The Balaban J connectivity index is 1.68. The number of thioether (sulfide) groups is 1. The second kappa shape index (κ2) is 7.72. The van der Waals surface area contributed by atoms with Gasteiger partial charge >= 0.3 is 0 Å². The molecule has 5 nitrogen and oxygen atoms in total. The van der Waals surface area contributed by atoms with E-state index >= 15 is 0 Å². The lowest BCUT2D eigenvalue weighted by molar-refractivity contribution is -0.115. The summed E-state index contributed by atoms with van der Waals surface area (Å²) in [5, 5.41) is 10.00. The fraction of sp³-hybridized carbons (Fsp3) is 0.273. The van der Waals surface area contributed by atoms with E-state index in [1.165, 1.54) is 5.56 Å². The number of hydrogen-bond acceptors (Lipinski definition) is 4. The summed E-state index contributed by atoms with van der Waals surface area (Å²) in [6.07, 6.45) is 0. The van der Waals surface area contributed by atoms with Crippen LogP contribution in [0.2, 0.25) is 0 Å². The first-order valence-corrected chi connectivity index (χ1v) is 10.3. The Hall–Kier alpha value is -2.73.